The molecular weight excluding hydrogens is 229 g/mol. The van der Waals surface area contributed by atoms with E-state index in [1.54, 1.807) is 0 Å². The molecule has 0 heterocycles. The van der Waals surface area contributed by atoms with E-state index in [1.807, 2.05) is 6.07 Å². The van der Waals surface area contributed by atoms with Gasteiger partial charge in [0.05, 0.1) is 13.2 Å². The summed E-state index contributed by atoms with van der Waals surface area (Å²) in [7, 11) is 0. The van der Waals surface area contributed by atoms with Crippen molar-refractivity contribution in [1.82, 2.24) is 0 Å². The molecule has 1 aromatic carbocycles. The Morgan fingerprint density at radius 2 is 2.11 bits per heavy atom. The summed E-state index contributed by atoms with van der Waals surface area (Å²) in [4.78, 5) is 0. The van der Waals surface area contributed by atoms with Crippen molar-refractivity contribution in [2.75, 3.05) is 13.2 Å². The highest BCUT2D eigenvalue weighted by Gasteiger charge is 1.99. The lowest BCUT2D eigenvalue weighted by molar-refractivity contribution is 0.117. The lowest BCUT2D eigenvalue weighted by Crippen LogP contribution is -1.97. The lowest BCUT2D eigenvalue weighted by Gasteiger charge is -2.05. The molecule has 0 radical (unpaired) electrons. The van der Waals surface area contributed by atoms with Crippen LogP contribution in [0.1, 0.15) is 37.3 Å². The van der Waals surface area contributed by atoms with Crippen molar-refractivity contribution < 1.29 is 9.13 Å². The largest absolute Gasteiger partial charge is 0.377 e. The third-order valence-electron chi connectivity index (χ3n) is 2.45. The molecular formula is C15H20FNO. The van der Waals surface area contributed by atoms with Gasteiger partial charge in [-0.15, -0.1) is 0 Å². The van der Waals surface area contributed by atoms with Gasteiger partial charge in [-0.1, -0.05) is 31.6 Å². The second-order valence-electron chi connectivity index (χ2n) is 4.11. The minimum absolute atomic E-state index is 0.277. The Morgan fingerprint density at radius 1 is 1.28 bits per heavy atom. The summed E-state index contributed by atoms with van der Waals surface area (Å²) in [6, 6.07) is 4.72. The predicted molar refractivity (Wildman–Crippen MR) is 71.5 cm³/mol. The number of unbranched alkanes of at least 4 members (excludes halogenated alkanes) is 2. The summed E-state index contributed by atoms with van der Waals surface area (Å²) in [6.45, 7) is 3.57. The van der Waals surface area contributed by atoms with Crippen molar-refractivity contribution in [3.05, 3.63) is 35.1 Å². The molecule has 0 atom stereocenters. The van der Waals surface area contributed by atoms with E-state index in [0.29, 0.717) is 18.8 Å². The summed E-state index contributed by atoms with van der Waals surface area (Å²) >= 11 is 0. The number of hydrogen-bond acceptors (Lipinski definition) is 2. The minimum atomic E-state index is -0.286. The van der Waals surface area contributed by atoms with Gasteiger partial charge in [-0.05, 0) is 30.2 Å². The van der Waals surface area contributed by atoms with Crippen molar-refractivity contribution in [3.8, 4) is 11.8 Å². The van der Waals surface area contributed by atoms with Crippen LogP contribution in [0.25, 0.3) is 0 Å². The van der Waals surface area contributed by atoms with Crippen LogP contribution in [0.15, 0.2) is 18.2 Å². The fraction of sp³-hybridized carbons (Fsp3) is 0.467. The molecule has 0 unspecified atom stereocenters. The van der Waals surface area contributed by atoms with Gasteiger partial charge in [0.25, 0.3) is 0 Å². The van der Waals surface area contributed by atoms with E-state index in [2.05, 4.69) is 18.8 Å². The molecule has 2 N–H and O–H groups in total. The lowest BCUT2D eigenvalue weighted by atomic mass is 10.1. The molecule has 3 heteroatoms. The maximum atomic E-state index is 13.3. The molecule has 0 aliphatic carbocycles. The van der Waals surface area contributed by atoms with Crippen LogP contribution >= 0.6 is 0 Å². The maximum Gasteiger partial charge on any atom is 0.124 e. The molecule has 0 spiro atoms. The van der Waals surface area contributed by atoms with Crippen LogP contribution in [-0.2, 0) is 11.3 Å². The first kappa shape index (κ1) is 14.7. The number of hydrogen-bond donors (Lipinski definition) is 1. The van der Waals surface area contributed by atoms with Crippen LogP contribution < -0.4 is 5.73 Å². The van der Waals surface area contributed by atoms with Gasteiger partial charge in [-0.25, -0.2) is 4.39 Å². The number of nitrogens with two attached hydrogens (primary N) is 1. The number of halogens is 1. The van der Waals surface area contributed by atoms with Crippen LogP contribution in [0.2, 0.25) is 0 Å². The van der Waals surface area contributed by atoms with Gasteiger partial charge in [0.2, 0.25) is 0 Å². The molecule has 1 aromatic rings. The Hall–Kier alpha value is -1.37. The Labute approximate surface area is 108 Å². The molecule has 1 rings (SSSR count). The summed E-state index contributed by atoms with van der Waals surface area (Å²) in [6.07, 6.45) is 3.38. The van der Waals surface area contributed by atoms with Gasteiger partial charge in [-0.3, -0.25) is 0 Å². The van der Waals surface area contributed by atoms with Crippen molar-refractivity contribution in [2.24, 2.45) is 5.73 Å². The number of ether oxygens (including phenoxy) is 1. The van der Waals surface area contributed by atoms with Crippen LogP contribution in [0, 0.1) is 17.7 Å². The van der Waals surface area contributed by atoms with Crippen molar-refractivity contribution in [1.29, 1.82) is 0 Å². The number of rotatable bonds is 6. The van der Waals surface area contributed by atoms with E-state index >= 15 is 0 Å². The highest BCUT2D eigenvalue weighted by molar-refractivity contribution is 5.37. The van der Waals surface area contributed by atoms with Crippen LogP contribution in [0.3, 0.4) is 0 Å². The topological polar surface area (TPSA) is 35.2 Å². The molecule has 0 aliphatic rings. The van der Waals surface area contributed by atoms with Gasteiger partial charge in [-0.2, -0.15) is 0 Å². The van der Waals surface area contributed by atoms with Crippen LogP contribution in [0.5, 0.6) is 0 Å². The Bertz CT molecular complexity index is 420. The van der Waals surface area contributed by atoms with E-state index in [4.69, 9.17) is 10.5 Å². The zero-order valence-corrected chi connectivity index (χ0v) is 10.8. The Kier molecular flexibility index (Phi) is 7.09. The highest BCUT2D eigenvalue weighted by atomic mass is 19.1. The quantitative estimate of drug-likeness (QED) is 0.621. The van der Waals surface area contributed by atoms with E-state index in [1.165, 1.54) is 18.6 Å². The Balaban J connectivity index is 2.52. The monoisotopic (exact) mass is 249 g/mol. The first-order chi connectivity index (χ1) is 8.76. The van der Waals surface area contributed by atoms with Gasteiger partial charge in [0.15, 0.2) is 0 Å². The zero-order chi connectivity index (χ0) is 13.2. The summed E-state index contributed by atoms with van der Waals surface area (Å²) < 4.78 is 18.8. The number of benzene rings is 1. The van der Waals surface area contributed by atoms with Gasteiger partial charge < -0.3 is 10.5 Å². The van der Waals surface area contributed by atoms with Gasteiger partial charge in [0, 0.05) is 12.2 Å². The van der Waals surface area contributed by atoms with Crippen molar-refractivity contribution in [2.45, 2.75) is 32.8 Å². The first-order valence-electron chi connectivity index (χ1n) is 6.32. The van der Waals surface area contributed by atoms with Crippen LogP contribution in [0.4, 0.5) is 4.39 Å². The Morgan fingerprint density at radius 3 is 2.83 bits per heavy atom. The second kappa shape index (κ2) is 8.68. The smallest absolute Gasteiger partial charge is 0.124 e. The van der Waals surface area contributed by atoms with E-state index in [0.717, 1.165) is 18.4 Å². The fourth-order valence-corrected chi connectivity index (χ4v) is 1.60. The van der Waals surface area contributed by atoms with Crippen molar-refractivity contribution in [3.63, 3.8) is 0 Å². The third-order valence-corrected chi connectivity index (χ3v) is 2.45. The van der Waals surface area contributed by atoms with Crippen LogP contribution in [-0.4, -0.2) is 13.2 Å². The summed E-state index contributed by atoms with van der Waals surface area (Å²) in [5.74, 6) is 5.25. The molecule has 0 saturated heterocycles. The molecule has 98 valence electrons. The highest BCUT2D eigenvalue weighted by Crippen LogP contribution is 2.10. The maximum absolute atomic E-state index is 13.3. The SMILES string of the molecule is CCCCCOCc1cc(F)cc(C#CCN)c1. The fourth-order valence-electron chi connectivity index (χ4n) is 1.60. The average Bonchev–Trinajstić information content (AvgIpc) is 2.35. The molecule has 2 nitrogen and oxygen atoms in total. The van der Waals surface area contributed by atoms with E-state index in [-0.39, 0.29) is 12.4 Å². The molecule has 0 amide bonds. The molecule has 0 aromatic heterocycles. The van der Waals surface area contributed by atoms with Gasteiger partial charge >= 0.3 is 0 Å². The van der Waals surface area contributed by atoms with E-state index < -0.39 is 0 Å². The molecule has 0 aliphatic heterocycles. The average molecular weight is 249 g/mol. The molecule has 18 heavy (non-hydrogen) atoms. The zero-order valence-electron chi connectivity index (χ0n) is 10.8. The molecule has 0 saturated carbocycles. The van der Waals surface area contributed by atoms with Crippen molar-refractivity contribution >= 4 is 0 Å². The standard InChI is InChI=1S/C15H20FNO/c1-2-3-4-8-18-12-14-9-13(6-5-7-17)10-15(16)11-14/h9-11H,2-4,7-8,12,17H2,1H3. The first-order valence-corrected chi connectivity index (χ1v) is 6.32. The third kappa shape index (κ3) is 5.81. The summed E-state index contributed by atoms with van der Waals surface area (Å²) in [5, 5.41) is 0. The minimum Gasteiger partial charge on any atom is -0.377 e. The van der Waals surface area contributed by atoms with E-state index in [9.17, 15) is 4.39 Å². The predicted octanol–water partition coefficient (Wildman–Crippen LogP) is 2.84. The summed E-state index contributed by atoms with van der Waals surface area (Å²) in [5.41, 5.74) is 6.75. The normalized spacial score (nSPS) is 9.94. The van der Waals surface area contributed by atoms with Gasteiger partial charge in [0.1, 0.15) is 5.82 Å². The molecule has 0 bridgehead atoms. The molecule has 0 fully saturated rings. The second-order valence-corrected chi connectivity index (χ2v) is 4.11.